The van der Waals surface area contributed by atoms with E-state index in [1.54, 1.807) is 24.5 Å². The second-order valence-electron chi connectivity index (χ2n) is 10.4. The summed E-state index contributed by atoms with van der Waals surface area (Å²) >= 11 is 1.23. The van der Waals surface area contributed by atoms with Crippen LogP contribution in [0.5, 0.6) is 17.2 Å². The summed E-state index contributed by atoms with van der Waals surface area (Å²) in [5, 5.41) is 5.18. The van der Waals surface area contributed by atoms with Gasteiger partial charge in [0.05, 0.1) is 32.4 Å². The number of methoxy groups -OCH3 is 2. The summed E-state index contributed by atoms with van der Waals surface area (Å²) in [6.45, 7) is 3.05. The molecule has 0 unspecified atom stereocenters. The van der Waals surface area contributed by atoms with Gasteiger partial charge in [-0.3, -0.25) is 14.5 Å². The number of nitrogens with zero attached hydrogens (tertiary/aromatic N) is 3. The van der Waals surface area contributed by atoms with Gasteiger partial charge in [-0.1, -0.05) is 18.2 Å². The molecule has 224 valence electrons. The molecule has 2 aliphatic rings. The molecule has 1 saturated heterocycles. The van der Waals surface area contributed by atoms with Crippen molar-refractivity contribution in [3.05, 3.63) is 64.7 Å². The predicted molar refractivity (Wildman–Crippen MR) is 159 cm³/mol. The zero-order valence-electron chi connectivity index (χ0n) is 23.9. The maximum Gasteiger partial charge on any atom is 0.273 e. The molecule has 3 heterocycles. The van der Waals surface area contributed by atoms with Crippen LogP contribution in [0.15, 0.2) is 47.8 Å². The second-order valence-corrected chi connectivity index (χ2v) is 11.3. The summed E-state index contributed by atoms with van der Waals surface area (Å²) in [7, 11) is 3.28. The van der Waals surface area contributed by atoms with Crippen LogP contribution in [-0.4, -0.2) is 85.7 Å². The number of benzene rings is 2. The summed E-state index contributed by atoms with van der Waals surface area (Å²) < 4.78 is 23.5. The first-order valence-corrected chi connectivity index (χ1v) is 14.9. The SMILES string of the molecule is COCCCN1CC(=O)N[C@H]2CN(C(=O)c3csc(N)n3)CC[C@H]2OCc2cccc(c2)Oc2cc(ccc2OC)C1. The molecular weight excluding hydrogens is 558 g/mol. The number of aromatic nitrogens is 1. The number of hydrogen-bond donors (Lipinski definition) is 2. The smallest absolute Gasteiger partial charge is 0.273 e. The number of fused-ring (bicyclic) bond motifs is 5. The number of hydrogen-bond acceptors (Lipinski definition) is 10. The topological polar surface area (TPSA) is 128 Å². The van der Waals surface area contributed by atoms with Gasteiger partial charge in [0.15, 0.2) is 16.6 Å². The van der Waals surface area contributed by atoms with E-state index >= 15 is 0 Å². The van der Waals surface area contributed by atoms with Crippen LogP contribution in [0.25, 0.3) is 0 Å². The van der Waals surface area contributed by atoms with Crippen LogP contribution in [0.2, 0.25) is 0 Å². The van der Waals surface area contributed by atoms with Gasteiger partial charge in [0.2, 0.25) is 5.91 Å². The average Bonchev–Trinajstić information content (AvgIpc) is 3.42. The lowest BCUT2D eigenvalue weighted by Gasteiger charge is -2.39. The van der Waals surface area contributed by atoms with Crippen molar-refractivity contribution in [1.82, 2.24) is 20.1 Å². The highest BCUT2D eigenvalue weighted by Crippen LogP contribution is 2.33. The highest BCUT2D eigenvalue weighted by molar-refractivity contribution is 7.13. The minimum absolute atomic E-state index is 0.141. The summed E-state index contributed by atoms with van der Waals surface area (Å²) in [5.41, 5.74) is 7.99. The van der Waals surface area contributed by atoms with E-state index in [1.165, 1.54) is 11.3 Å². The fourth-order valence-electron chi connectivity index (χ4n) is 5.29. The second kappa shape index (κ2) is 14.0. The van der Waals surface area contributed by atoms with E-state index in [9.17, 15) is 9.59 Å². The minimum Gasteiger partial charge on any atom is -0.493 e. The molecule has 3 N–H and O–H groups in total. The molecule has 5 rings (SSSR count). The third-order valence-electron chi connectivity index (χ3n) is 7.34. The van der Waals surface area contributed by atoms with E-state index in [2.05, 4.69) is 15.2 Å². The molecule has 12 heteroatoms. The van der Waals surface area contributed by atoms with Gasteiger partial charge in [0, 0.05) is 45.3 Å². The zero-order chi connectivity index (χ0) is 29.5. The average molecular weight is 596 g/mol. The van der Waals surface area contributed by atoms with Crippen molar-refractivity contribution in [3.8, 4) is 17.2 Å². The molecule has 0 aliphatic carbocycles. The van der Waals surface area contributed by atoms with Gasteiger partial charge < -0.3 is 34.9 Å². The molecule has 2 atom stereocenters. The van der Waals surface area contributed by atoms with E-state index in [0.29, 0.717) is 73.9 Å². The van der Waals surface area contributed by atoms with Gasteiger partial charge in [0.1, 0.15) is 11.4 Å². The quantitative estimate of drug-likeness (QED) is 0.413. The molecular formula is C30H37N5O6S. The van der Waals surface area contributed by atoms with Crippen LogP contribution < -0.4 is 20.5 Å². The summed E-state index contributed by atoms with van der Waals surface area (Å²) in [6.07, 6.45) is 1.04. The Kier molecular flexibility index (Phi) is 9.90. The predicted octanol–water partition coefficient (Wildman–Crippen LogP) is 3.29. The number of thiazole rings is 1. The maximum absolute atomic E-state index is 13.5. The Hall–Kier alpha value is -3.71. The van der Waals surface area contributed by atoms with Crippen LogP contribution in [0.1, 0.15) is 34.5 Å². The number of ether oxygens (including phenoxy) is 4. The monoisotopic (exact) mass is 595 g/mol. The Labute approximate surface area is 249 Å². The zero-order valence-corrected chi connectivity index (χ0v) is 24.7. The highest BCUT2D eigenvalue weighted by Gasteiger charge is 2.34. The summed E-state index contributed by atoms with van der Waals surface area (Å²) in [4.78, 5) is 34.6. The molecule has 2 aliphatic heterocycles. The fourth-order valence-corrected chi connectivity index (χ4v) is 5.83. The van der Waals surface area contributed by atoms with Crippen LogP contribution in [0.4, 0.5) is 5.13 Å². The van der Waals surface area contributed by atoms with Crippen LogP contribution in [0, 0.1) is 0 Å². The summed E-state index contributed by atoms with van der Waals surface area (Å²) in [5.74, 6) is 1.54. The van der Waals surface area contributed by atoms with Gasteiger partial charge in [-0.25, -0.2) is 4.98 Å². The number of anilines is 1. The molecule has 42 heavy (non-hydrogen) atoms. The number of nitrogens with two attached hydrogens (primary N) is 1. The van der Waals surface area contributed by atoms with Crippen LogP contribution >= 0.6 is 11.3 Å². The number of amides is 2. The molecule has 0 saturated carbocycles. The lowest BCUT2D eigenvalue weighted by molar-refractivity contribution is -0.125. The number of rotatable bonds is 6. The Morgan fingerprint density at radius 1 is 1.19 bits per heavy atom. The first-order valence-electron chi connectivity index (χ1n) is 14.0. The molecule has 0 radical (unpaired) electrons. The van der Waals surface area contributed by atoms with Gasteiger partial charge in [-0.05, 0) is 48.2 Å². The van der Waals surface area contributed by atoms with Gasteiger partial charge in [-0.2, -0.15) is 0 Å². The molecule has 1 fully saturated rings. The Bertz CT molecular complexity index is 1380. The number of carbonyl (C=O) groups is 2. The molecule has 0 spiro atoms. The lowest BCUT2D eigenvalue weighted by atomic mass is 10.0. The van der Waals surface area contributed by atoms with E-state index in [1.807, 2.05) is 42.5 Å². The van der Waals surface area contributed by atoms with Gasteiger partial charge in [-0.15, -0.1) is 11.3 Å². The van der Waals surface area contributed by atoms with Crippen LogP contribution in [0.3, 0.4) is 0 Å². The van der Waals surface area contributed by atoms with Crippen LogP contribution in [-0.2, 0) is 27.4 Å². The number of piperidine rings is 1. The maximum atomic E-state index is 13.5. The van der Waals surface area contributed by atoms with Crippen molar-refractivity contribution in [1.29, 1.82) is 0 Å². The standard InChI is InChI=1S/C30H37N5O6S/c1-38-12-4-10-34-15-20-7-8-26(39-2)27(14-20)41-22-6-3-5-21(13-22)18-40-25-9-11-35(16-23(25)32-28(36)17-34)29(37)24-19-42-30(31)33-24/h3,5-8,13-14,19,23,25H,4,9-12,15-18H2,1-2H3,(H2,31,33)(H,32,36)/t23-,25+/m0/s1. The first kappa shape index (κ1) is 29.8. The third kappa shape index (κ3) is 7.57. The summed E-state index contributed by atoms with van der Waals surface area (Å²) in [6, 6.07) is 13.1. The van der Waals surface area contributed by atoms with Crippen molar-refractivity contribution in [2.45, 2.75) is 38.1 Å². The van der Waals surface area contributed by atoms with Crippen molar-refractivity contribution < 1.29 is 28.5 Å². The number of nitrogens with one attached hydrogen (secondary N) is 1. The molecule has 2 amide bonds. The fraction of sp³-hybridized carbons (Fsp3) is 0.433. The first-order chi connectivity index (χ1) is 20.4. The van der Waals surface area contributed by atoms with Crippen molar-refractivity contribution >= 4 is 28.3 Å². The van der Waals surface area contributed by atoms with Crippen molar-refractivity contribution in [2.24, 2.45) is 0 Å². The van der Waals surface area contributed by atoms with Gasteiger partial charge >= 0.3 is 0 Å². The Morgan fingerprint density at radius 2 is 2.07 bits per heavy atom. The molecule has 2 aromatic carbocycles. The molecule has 4 bridgehead atoms. The highest BCUT2D eigenvalue weighted by atomic mass is 32.1. The largest absolute Gasteiger partial charge is 0.493 e. The molecule has 3 aromatic rings. The van der Waals surface area contributed by atoms with Crippen molar-refractivity contribution in [3.63, 3.8) is 0 Å². The van der Waals surface area contributed by atoms with E-state index in [0.717, 1.165) is 17.5 Å². The third-order valence-corrected chi connectivity index (χ3v) is 8.01. The molecule has 1 aromatic heterocycles. The lowest BCUT2D eigenvalue weighted by Crippen LogP contribution is -2.58. The number of carbonyl (C=O) groups excluding carboxylic acids is 2. The normalized spacial score (nSPS) is 19.9. The Balaban J connectivity index is 1.41. The van der Waals surface area contributed by atoms with E-state index < -0.39 is 6.04 Å². The Morgan fingerprint density at radius 3 is 2.86 bits per heavy atom. The molecule has 11 nitrogen and oxygen atoms in total. The number of nitrogen functional groups attached to an aromatic ring is 1. The van der Waals surface area contributed by atoms with Gasteiger partial charge in [0.25, 0.3) is 5.91 Å². The van der Waals surface area contributed by atoms with E-state index in [4.69, 9.17) is 24.7 Å². The minimum atomic E-state index is -0.396. The number of likely N-dealkylation sites (tertiary alicyclic amines) is 1. The van der Waals surface area contributed by atoms with E-state index in [-0.39, 0.29) is 24.5 Å². The van der Waals surface area contributed by atoms with Crippen molar-refractivity contribution in [2.75, 3.05) is 52.7 Å².